The lowest BCUT2D eigenvalue weighted by Crippen LogP contribution is -2.16. The summed E-state index contributed by atoms with van der Waals surface area (Å²) in [7, 11) is 0. The van der Waals surface area contributed by atoms with Crippen molar-refractivity contribution < 1.29 is 0 Å². The Morgan fingerprint density at radius 3 is 2.80 bits per heavy atom. The van der Waals surface area contributed by atoms with Crippen molar-refractivity contribution >= 4 is 37.7 Å². The standard InChI is InChI=1S/C11H16Br2N2/c1-3-4-5-8(2)15-11-10(13)6-9(12)7-14-11/h6-8H,3-5H2,1-2H3,(H,14,15). The average Bonchev–Trinajstić information content (AvgIpc) is 2.19. The number of rotatable bonds is 5. The predicted octanol–water partition coefficient (Wildman–Crippen LogP) is 4.60. The largest absolute Gasteiger partial charge is 0.367 e. The molecule has 4 heteroatoms. The summed E-state index contributed by atoms with van der Waals surface area (Å²) < 4.78 is 1.99. The molecule has 2 nitrogen and oxygen atoms in total. The van der Waals surface area contributed by atoms with Crippen LogP contribution >= 0.6 is 31.9 Å². The van der Waals surface area contributed by atoms with Crippen molar-refractivity contribution in [1.82, 2.24) is 4.98 Å². The number of hydrogen-bond acceptors (Lipinski definition) is 2. The third-order valence-electron chi connectivity index (χ3n) is 2.18. The number of unbranched alkanes of at least 4 members (excludes halogenated alkanes) is 1. The van der Waals surface area contributed by atoms with E-state index in [0.717, 1.165) is 14.8 Å². The SMILES string of the molecule is CCCCC(C)Nc1ncc(Br)cc1Br. The van der Waals surface area contributed by atoms with Crippen molar-refractivity contribution in [3.05, 3.63) is 21.2 Å². The van der Waals surface area contributed by atoms with Gasteiger partial charge in [-0.1, -0.05) is 19.8 Å². The van der Waals surface area contributed by atoms with E-state index in [-0.39, 0.29) is 0 Å². The minimum Gasteiger partial charge on any atom is -0.367 e. The highest BCUT2D eigenvalue weighted by molar-refractivity contribution is 9.11. The Hall–Kier alpha value is -0.0900. The summed E-state index contributed by atoms with van der Waals surface area (Å²) in [5.74, 6) is 0.918. The van der Waals surface area contributed by atoms with Crippen molar-refractivity contribution in [1.29, 1.82) is 0 Å². The van der Waals surface area contributed by atoms with Crippen LogP contribution in [0.15, 0.2) is 21.2 Å². The number of aromatic nitrogens is 1. The molecule has 0 aliphatic heterocycles. The molecule has 84 valence electrons. The van der Waals surface area contributed by atoms with Crippen LogP contribution in [0.3, 0.4) is 0 Å². The smallest absolute Gasteiger partial charge is 0.140 e. The monoisotopic (exact) mass is 334 g/mol. The lowest BCUT2D eigenvalue weighted by atomic mass is 10.1. The first-order valence-corrected chi connectivity index (χ1v) is 6.79. The lowest BCUT2D eigenvalue weighted by Gasteiger charge is -2.15. The summed E-state index contributed by atoms with van der Waals surface area (Å²) in [4.78, 5) is 4.32. The van der Waals surface area contributed by atoms with Crippen molar-refractivity contribution in [2.45, 2.75) is 39.2 Å². The summed E-state index contributed by atoms with van der Waals surface area (Å²) in [5.41, 5.74) is 0. The number of halogens is 2. The van der Waals surface area contributed by atoms with Crippen LogP contribution in [0.5, 0.6) is 0 Å². The average molecular weight is 336 g/mol. The Bertz CT molecular complexity index is 315. The second-order valence-corrected chi connectivity index (χ2v) is 5.44. The molecule has 1 unspecified atom stereocenters. The summed E-state index contributed by atoms with van der Waals surface area (Å²) in [6, 6.07) is 2.47. The van der Waals surface area contributed by atoms with E-state index in [1.54, 1.807) is 6.20 Å². The number of pyridine rings is 1. The van der Waals surface area contributed by atoms with Gasteiger partial charge in [-0.3, -0.25) is 0 Å². The molecule has 0 fully saturated rings. The second-order valence-electron chi connectivity index (χ2n) is 3.67. The van der Waals surface area contributed by atoms with Gasteiger partial charge in [0, 0.05) is 16.7 Å². The molecule has 0 spiro atoms. The van der Waals surface area contributed by atoms with E-state index in [9.17, 15) is 0 Å². The van der Waals surface area contributed by atoms with Gasteiger partial charge in [-0.15, -0.1) is 0 Å². The van der Waals surface area contributed by atoms with Gasteiger partial charge in [-0.25, -0.2) is 4.98 Å². The minimum atomic E-state index is 0.468. The minimum absolute atomic E-state index is 0.468. The van der Waals surface area contributed by atoms with Crippen molar-refractivity contribution in [2.24, 2.45) is 0 Å². The Morgan fingerprint density at radius 1 is 1.47 bits per heavy atom. The number of hydrogen-bond donors (Lipinski definition) is 1. The molecular weight excluding hydrogens is 320 g/mol. The van der Waals surface area contributed by atoms with Crippen molar-refractivity contribution in [3.63, 3.8) is 0 Å². The molecule has 15 heavy (non-hydrogen) atoms. The molecule has 1 N–H and O–H groups in total. The van der Waals surface area contributed by atoms with Gasteiger partial charge in [0.25, 0.3) is 0 Å². The molecule has 1 aromatic heterocycles. The maximum Gasteiger partial charge on any atom is 0.140 e. The van der Waals surface area contributed by atoms with Crippen LogP contribution in [0.1, 0.15) is 33.1 Å². The molecule has 1 rings (SSSR count). The second kappa shape index (κ2) is 6.48. The Labute approximate surface area is 108 Å². The summed E-state index contributed by atoms with van der Waals surface area (Å²) >= 11 is 6.87. The molecule has 1 heterocycles. The summed E-state index contributed by atoms with van der Waals surface area (Å²) in [6.45, 7) is 4.40. The maximum absolute atomic E-state index is 4.32. The molecule has 0 aliphatic carbocycles. The third-order valence-corrected chi connectivity index (χ3v) is 3.22. The van der Waals surface area contributed by atoms with Gasteiger partial charge < -0.3 is 5.32 Å². The fourth-order valence-electron chi connectivity index (χ4n) is 1.34. The van der Waals surface area contributed by atoms with Gasteiger partial charge in [-0.05, 0) is 51.3 Å². The zero-order chi connectivity index (χ0) is 11.3. The first-order valence-electron chi connectivity index (χ1n) is 5.21. The van der Waals surface area contributed by atoms with Crippen molar-refractivity contribution in [3.8, 4) is 0 Å². The van der Waals surface area contributed by atoms with Crippen molar-refractivity contribution in [2.75, 3.05) is 5.32 Å². The highest BCUT2D eigenvalue weighted by atomic mass is 79.9. The van der Waals surface area contributed by atoms with E-state index >= 15 is 0 Å². The van der Waals surface area contributed by atoms with E-state index in [2.05, 4.69) is 56.0 Å². The van der Waals surface area contributed by atoms with Gasteiger partial charge in [0.2, 0.25) is 0 Å². The van der Waals surface area contributed by atoms with Crippen LogP contribution in [0.25, 0.3) is 0 Å². The van der Waals surface area contributed by atoms with Gasteiger partial charge in [-0.2, -0.15) is 0 Å². The fraction of sp³-hybridized carbons (Fsp3) is 0.545. The maximum atomic E-state index is 4.32. The van der Waals surface area contributed by atoms with E-state index in [1.165, 1.54) is 19.3 Å². The highest BCUT2D eigenvalue weighted by Gasteiger charge is 2.06. The van der Waals surface area contributed by atoms with E-state index in [0.29, 0.717) is 6.04 Å². The van der Waals surface area contributed by atoms with Gasteiger partial charge in [0.05, 0.1) is 4.47 Å². The first-order chi connectivity index (χ1) is 7.13. The molecule has 0 amide bonds. The normalized spacial score (nSPS) is 12.5. The first kappa shape index (κ1) is 13.0. The molecule has 0 saturated carbocycles. The molecule has 0 saturated heterocycles. The molecule has 1 aromatic rings. The Morgan fingerprint density at radius 2 is 2.20 bits per heavy atom. The molecule has 0 bridgehead atoms. The van der Waals surface area contributed by atoms with Crippen LogP contribution < -0.4 is 5.32 Å². The summed E-state index contributed by atoms with van der Waals surface area (Å²) in [5, 5.41) is 3.39. The third kappa shape index (κ3) is 4.51. The number of anilines is 1. The Balaban J connectivity index is 2.56. The molecule has 0 aromatic carbocycles. The predicted molar refractivity (Wildman–Crippen MR) is 72.2 cm³/mol. The van der Waals surface area contributed by atoms with Gasteiger partial charge >= 0.3 is 0 Å². The Kier molecular flexibility index (Phi) is 5.61. The lowest BCUT2D eigenvalue weighted by molar-refractivity contribution is 0.643. The molecule has 1 atom stereocenters. The topological polar surface area (TPSA) is 24.9 Å². The van der Waals surface area contributed by atoms with E-state index in [1.807, 2.05) is 6.07 Å². The van der Waals surface area contributed by atoms with Crippen LogP contribution in [0, 0.1) is 0 Å². The van der Waals surface area contributed by atoms with Crippen LogP contribution in [0.4, 0.5) is 5.82 Å². The van der Waals surface area contributed by atoms with E-state index in [4.69, 9.17) is 0 Å². The van der Waals surface area contributed by atoms with Gasteiger partial charge in [0.1, 0.15) is 5.82 Å². The zero-order valence-corrected chi connectivity index (χ0v) is 12.2. The molecule has 0 aliphatic rings. The molecule has 0 radical (unpaired) electrons. The van der Waals surface area contributed by atoms with Crippen LogP contribution in [-0.2, 0) is 0 Å². The zero-order valence-electron chi connectivity index (χ0n) is 9.06. The number of nitrogens with one attached hydrogen (secondary N) is 1. The van der Waals surface area contributed by atoms with Crippen LogP contribution in [0.2, 0.25) is 0 Å². The van der Waals surface area contributed by atoms with Crippen LogP contribution in [-0.4, -0.2) is 11.0 Å². The fourth-order valence-corrected chi connectivity index (χ4v) is 2.44. The van der Waals surface area contributed by atoms with E-state index < -0.39 is 0 Å². The van der Waals surface area contributed by atoms with Gasteiger partial charge in [0.15, 0.2) is 0 Å². The quantitative estimate of drug-likeness (QED) is 0.850. The highest BCUT2D eigenvalue weighted by Crippen LogP contribution is 2.24. The summed E-state index contributed by atoms with van der Waals surface area (Å²) in [6.07, 6.45) is 5.48. The molecular formula is C11H16Br2N2. The number of nitrogens with zero attached hydrogens (tertiary/aromatic N) is 1.